The summed E-state index contributed by atoms with van der Waals surface area (Å²) in [5.41, 5.74) is 1.85. The van der Waals surface area contributed by atoms with Crippen molar-refractivity contribution in [1.82, 2.24) is 9.88 Å². The minimum Gasteiger partial charge on any atom is -0.508 e. The molecular weight excluding hydrogens is 414 g/mol. The van der Waals surface area contributed by atoms with Gasteiger partial charge in [0.1, 0.15) is 17.1 Å². The normalized spacial score (nSPS) is 15.3. The van der Waals surface area contributed by atoms with Crippen LogP contribution in [0.25, 0.3) is 11.8 Å². The summed E-state index contributed by atoms with van der Waals surface area (Å²) < 4.78 is 7.32. The topological polar surface area (TPSA) is 83.8 Å². The fraction of sp³-hybridized carbons (Fsp3) is 0.0870. The Hall–Kier alpha value is -3.91. The van der Waals surface area contributed by atoms with Crippen molar-refractivity contribution in [3.05, 3.63) is 78.1 Å². The van der Waals surface area contributed by atoms with Crippen LogP contribution < -0.4 is 15.0 Å². The van der Waals surface area contributed by atoms with Crippen molar-refractivity contribution in [2.45, 2.75) is 6.92 Å². The van der Waals surface area contributed by atoms with Crippen molar-refractivity contribution in [2.24, 2.45) is 0 Å². The molecule has 1 aliphatic rings. The number of aromatic nitrogens is 1. The van der Waals surface area contributed by atoms with E-state index in [-0.39, 0.29) is 16.4 Å². The molecule has 4 rings (SSSR count). The van der Waals surface area contributed by atoms with Crippen molar-refractivity contribution in [3.63, 3.8) is 0 Å². The number of carbonyl (C=O) groups is 2. The number of ether oxygens (including phenoxy) is 1. The van der Waals surface area contributed by atoms with E-state index in [1.54, 1.807) is 71.4 Å². The molecular formula is C23H19N3O4S. The first-order valence-corrected chi connectivity index (χ1v) is 10.00. The monoisotopic (exact) mass is 433 g/mol. The summed E-state index contributed by atoms with van der Waals surface area (Å²) in [4.78, 5) is 27.1. The predicted molar refractivity (Wildman–Crippen MR) is 121 cm³/mol. The molecule has 31 heavy (non-hydrogen) atoms. The zero-order valence-corrected chi connectivity index (χ0v) is 17.4. The molecule has 0 radical (unpaired) electrons. The van der Waals surface area contributed by atoms with Gasteiger partial charge in [0.05, 0.1) is 12.3 Å². The van der Waals surface area contributed by atoms with Gasteiger partial charge < -0.3 is 14.4 Å². The summed E-state index contributed by atoms with van der Waals surface area (Å²) in [5, 5.41) is 12.1. The van der Waals surface area contributed by atoms with Crippen molar-refractivity contribution in [3.8, 4) is 17.2 Å². The predicted octanol–water partition coefficient (Wildman–Crippen LogP) is 3.41. The molecule has 156 valence electrons. The van der Waals surface area contributed by atoms with E-state index >= 15 is 0 Å². The van der Waals surface area contributed by atoms with E-state index in [1.807, 2.05) is 6.92 Å². The highest BCUT2D eigenvalue weighted by Crippen LogP contribution is 2.26. The second-order valence-corrected chi connectivity index (χ2v) is 7.09. The molecule has 1 fully saturated rings. The minimum absolute atomic E-state index is 0.00900. The van der Waals surface area contributed by atoms with Crippen molar-refractivity contribution in [2.75, 3.05) is 11.5 Å². The lowest BCUT2D eigenvalue weighted by Gasteiger charge is -2.29. The van der Waals surface area contributed by atoms with Gasteiger partial charge >= 0.3 is 0 Å². The fourth-order valence-corrected chi connectivity index (χ4v) is 3.56. The van der Waals surface area contributed by atoms with Crippen LogP contribution in [0.3, 0.4) is 0 Å². The number of rotatable bonds is 5. The number of nitrogens with zero attached hydrogens (tertiary/aromatic N) is 2. The maximum absolute atomic E-state index is 13.3. The van der Waals surface area contributed by atoms with Gasteiger partial charge in [-0.2, -0.15) is 0 Å². The Morgan fingerprint density at radius 2 is 1.84 bits per heavy atom. The van der Waals surface area contributed by atoms with Crippen LogP contribution >= 0.6 is 12.2 Å². The Morgan fingerprint density at radius 1 is 1.06 bits per heavy atom. The van der Waals surface area contributed by atoms with Gasteiger partial charge in [0.25, 0.3) is 11.8 Å². The first-order chi connectivity index (χ1) is 15.0. The smallest absolute Gasteiger partial charge is 0.270 e. The van der Waals surface area contributed by atoms with Crippen LogP contribution in [-0.4, -0.2) is 33.2 Å². The average molecular weight is 433 g/mol. The largest absolute Gasteiger partial charge is 0.508 e. The Morgan fingerprint density at radius 3 is 2.58 bits per heavy atom. The summed E-state index contributed by atoms with van der Waals surface area (Å²) in [6, 6.07) is 17.2. The molecule has 2 aromatic carbocycles. The molecule has 2 heterocycles. The zero-order chi connectivity index (χ0) is 22.0. The van der Waals surface area contributed by atoms with Crippen LogP contribution in [0.4, 0.5) is 5.69 Å². The van der Waals surface area contributed by atoms with Gasteiger partial charge in [-0.15, -0.1) is 0 Å². The van der Waals surface area contributed by atoms with Gasteiger partial charge in [-0.25, -0.2) is 0 Å². The molecule has 0 spiro atoms. The van der Waals surface area contributed by atoms with E-state index in [9.17, 15) is 14.7 Å². The Balaban J connectivity index is 1.72. The van der Waals surface area contributed by atoms with Gasteiger partial charge in [-0.1, -0.05) is 6.07 Å². The maximum atomic E-state index is 13.3. The van der Waals surface area contributed by atoms with Crippen molar-refractivity contribution < 1.29 is 19.4 Å². The van der Waals surface area contributed by atoms with Crippen LogP contribution in [-0.2, 0) is 9.59 Å². The molecule has 1 aliphatic heterocycles. The number of benzene rings is 2. The summed E-state index contributed by atoms with van der Waals surface area (Å²) in [6.07, 6.45) is 3.32. The molecule has 1 aromatic heterocycles. The lowest BCUT2D eigenvalue weighted by molar-refractivity contribution is -0.122. The highest BCUT2D eigenvalue weighted by atomic mass is 32.1. The number of phenolic OH excluding ortho intramolecular Hbond substituents is 1. The SMILES string of the molecule is CCOc1cccc(N2C(=O)/C(=C/c3cccn3-c3ccc(O)cc3)C(=O)NC2=S)c1. The van der Waals surface area contributed by atoms with E-state index in [0.717, 1.165) is 5.69 Å². The number of nitrogens with one attached hydrogen (secondary N) is 1. The second kappa shape index (κ2) is 8.45. The highest BCUT2D eigenvalue weighted by Gasteiger charge is 2.34. The van der Waals surface area contributed by atoms with Gasteiger partial charge in [0, 0.05) is 23.6 Å². The Labute approximate surface area is 184 Å². The van der Waals surface area contributed by atoms with Gasteiger partial charge in [0.15, 0.2) is 5.11 Å². The second-order valence-electron chi connectivity index (χ2n) is 6.71. The lowest BCUT2D eigenvalue weighted by atomic mass is 10.1. The first-order valence-electron chi connectivity index (χ1n) is 9.59. The number of hydrogen-bond donors (Lipinski definition) is 2. The molecule has 1 saturated heterocycles. The number of amides is 2. The highest BCUT2D eigenvalue weighted by molar-refractivity contribution is 7.80. The lowest BCUT2D eigenvalue weighted by Crippen LogP contribution is -2.54. The zero-order valence-electron chi connectivity index (χ0n) is 16.6. The molecule has 7 nitrogen and oxygen atoms in total. The summed E-state index contributed by atoms with van der Waals surface area (Å²) >= 11 is 5.26. The van der Waals surface area contributed by atoms with E-state index in [4.69, 9.17) is 17.0 Å². The van der Waals surface area contributed by atoms with Crippen LogP contribution in [0.15, 0.2) is 72.4 Å². The fourth-order valence-electron chi connectivity index (χ4n) is 3.28. The number of hydrogen-bond acceptors (Lipinski definition) is 5. The summed E-state index contributed by atoms with van der Waals surface area (Å²) in [6.45, 7) is 2.35. The number of phenols is 1. The Bertz CT molecular complexity index is 1200. The van der Waals surface area contributed by atoms with E-state index in [1.165, 1.54) is 11.0 Å². The van der Waals surface area contributed by atoms with Crippen molar-refractivity contribution >= 4 is 40.9 Å². The van der Waals surface area contributed by atoms with Gasteiger partial charge in [0.2, 0.25) is 0 Å². The third kappa shape index (κ3) is 4.06. The molecule has 0 atom stereocenters. The number of aromatic hydroxyl groups is 1. The molecule has 2 N–H and O–H groups in total. The Kier molecular flexibility index (Phi) is 5.55. The quantitative estimate of drug-likeness (QED) is 0.366. The first kappa shape index (κ1) is 20.4. The van der Waals surface area contributed by atoms with Gasteiger partial charge in [-0.3, -0.25) is 19.8 Å². The molecule has 0 bridgehead atoms. The maximum Gasteiger partial charge on any atom is 0.270 e. The third-order valence-corrected chi connectivity index (χ3v) is 4.97. The summed E-state index contributed by atoms with van der Waals surface area (Å²) in [7, 11) is 0. The number of anilines is 1. The molecule has 3 aromatic rings. The number of carbonyl (C=O) groups excluding carboxylic acids is 2. The minimum atomic E-state index is -0.564. The van der Waals surface area contributed by atoms with E-state index < -0.39 is 11.8 Å². The molecule has 0 unspecified atom stereocenters. The van der Waals surface area contributed by atoms with Crippen molar-refractivity contribution in [1.29, 1.82) is 0 Å². The van der Waals surface area contributed by atoms with E-state index in [2.05, 4.69) is 5.32 Å². The molecule has 8 heteroatoms. The van der Waals surface area contributed by atoms with E-state index in [0.29, 0.717) is 23.7 Å². The van der Waals surface area contributed by atoms with Crippen LogP contribution in [0.2, 0.25) is 0 Å². The van der Waals surface area contributed by atoms with Crippen LogP contribution in [0.1, 0.15) is 12.6 Å². The molecule has 0 aliphatic carbocycles. The van der Waals surface area contributed by atoms with Crippen LogP contribution in [0.5, 0.6) is 11.5 Å². The third-order valence-electron chi connectivity index (χ3n) is 4.69. The number of thiocarbonyl (C=S) groups is 1. The van der Waals surface area contributed by atoms with Gasteiger partial charge in [-0.05, 0) is 73.7 Å². The molecule has 0 saturated carbocycles. The van der Waals surface area contributed by atoms with Crippen LogP contribution in [0, 0.1) is 0 Å². The molecule has 2 amide bonds. The average Bonchev–Trinajstić information content (AvgIpc) is 3.20. The summed E-state index contributed by atoms with van der Waals surface area (Å²) in [5.74, 6) is -0.346. The standard InChI is InChI=1S/C23H19N3O4S/c1-2-30-19-7-3-5-17(13-19)26-22(29)20(21(28)24-23(26)31)14-16-6-4-12-25(16)15-8-10-18(27)11-9-15/h3-14,27H,2H2,1H3,(H,24,28,31)/b20-14+.